The van der Waals surface area contributed by atoms with Crippen LogP contribution in [0.3, 0.4) is 0 Å². The Balaban J connectivity index is 1.40. The summed E-state index contributed by atoms with van der Waals surface area (Å²) in [6.07, 6.45) is 3.64. The first-order valence-corrected chi connectivity index (χ1v) is 8.77. The molecule has 1 aromatic carbocycles. The van der Waals surface area contributed by atoms with Gasteiger partial charge in [0.25, 0.3) is 5.91 Å². The van der Waals surface area contributed by atoms with Crippen molar-refractivity contribution in [3.05, 3.63) is 47.7 Å². The number of nitrogens with zero attached hydrogens (tertiary/aromatic N) is 3. The van der Waals surface area contributed by atoms with E-state index in [1.807, 2.05) is 0 Å². The molecule has 7 nitrogen and oxygen atoms in total. The molecular formula is C18H17F3N4O3. The number of piperidine rings is 1. The molecule has 0 atom stereocenters. The first kappa shape index (κ1) is 18.6. The zero-order chi connectivity index (χ0) is 19.7. The quantitative estimate of drug-likeness (QED) is 0.807. The first-order chi connectivity index (χ1) is 13.5. The molecule has 3 heterocycles. The lowest BCUT2D eigenvalue weighted by molar-refractivity contribution is -0.181. The fraction of sp³-hybridized carbons (Fsp3) is 0.389. The SMILES string of the molecule is O=C(c1cnc(Nc2ccc(F)c(F)c2F)cn1)N1CCC2(CC1)OCCO2. The number of aromatic nitrogens is 2. The molecule has 10 heteroatoms. The molecule has 0 unspecified atom stereocenters. The fourth-order valence-corrected chi connectivity index (χ4v) is 3.26. The maximum atomic E-state index is 13.7. The molecular weight excluding hydrogens is 377 g/mol. The molecule has 1 aromatic heterocycles. The molecule has 1 N–H and O–H groups in total. The minimum Gasteiger partial charge on any atom is -0.347 e. The number of anilines is 2. The van der Waals surface area contributed by atoms with Crippen molar-refractivity contribution in [1.29, 1.82) is 0 Å². The van der Waals surface area contributed by atoms with Crippen LogP contribution in [0.4, 0.5) is 24.7 Å². The van der Waals surface area contributed by atoms with Gasteiger partial charge in [-0.05, 0) is 12.1 Å². The molecule has 0 radical (unpaired) electrons. The highest BCUT2D eigenvalue weighted by Gasteiger charge is 2.41. The molecule has 4 rings (SSSR count). The van der Waals surface area contributed by atoms with E-state index < -0.39 is 23.2 Å². The average Bonchev–Trinajstić information content (AvgIpc) is 3.17. The molecule has 0 bridgehead atoms. The summed E-state index contributed by atoms with van der Waals surface area (Å²) in [4.78, 5) is 22.3. The van der Waals surface area contributed by atoms with E-state index in [1.165, 1.54) is 12.4 Å². The largest absolute Gasteiger partial charge is 0.347 e. The number of carbonyl (C=O) groups excluding carboxylic acids is 1. The Labute approximate surface area is 158 Å². The third-order valence-electron chi connectivity index (χ3n) is 4.79. The minimum atomic E-state index is -1.58. The van der Waals surface area contributed by atoms with Crippen LogP contribution < -0.4 is 5.32 Å². The van der Waals surface area contributed by atoms with E-state index in [4.69, 9.17) is 9.47 Å². The summed E-state index contributed by atoms with van der Waals surface area (Å²) in [6.45, 7) is 2.07. The number of carbonyl (C=O) groups is 1. The van der Waals surface area contributed by atoms with Gasteiger partial charge >= 0.3 is 0 Å². The first-order valence-electron chi connectivity index (χ1n) is 8.77. The van der Waals surface area contributed by atoms with Gasteiger partial charge in [0.05, 0.1) is 31.3 Å². The van der Waals surface area contributed by atoms with Crippen LogP contribution >= 0.6 is 0 Å². The highest BCUT2D eigenvalue weighted by molar-refractivity contribution is 5.92. The van der Waals surface area contributed by atoms with E-state index in [2.05, 4.69) is 15.3 Å². The number of benzene rings is 1. The lowest BCUT2D eigenvalue weighted by Crippen LogP contribution is -2.47. The van der Waals surface area contributed by atoms with Gasteiger partial charge in [-0.1, -0.05) is 0 Å². The van der Waals surface area contributed by atoms with Crippen molar-refractivity contribution in [3.63, 3.8) is 0 Å². The molecule has 2 fully saturated rings. The number of halogens is 3. The summed E-state index contributed by atoms with van der Waals surface area (Å²) in [5.74, 6) is -5.00. The summed E-state index contributed by atoms with van der Waals surface area (Å²) in [7, 11) is 0. The summed E-state index contributed by atoms with van der Waals surface area (Å²) in [6, 6.07) is 1.85. The maximum Gasteiger partial charge on any atom is 0.274 e. The van der Waals surface area contributed by atoms with Gasteiger partial charge in [-0.25, -0.2) is 23.1 Å². The standard InChI is InChI=1S/C18H17F3N4O3/c19-11-1-2-12(16(21)15(11)20)24-14-10-22-13(9-23-14)17(26)25-5-3-18(4-6-25)27-7-8-28-18/h1-2,9-10H,3-8H2,(H,23,24). The third kappa shape index (κ3) is 3.52. The zero-order valence-corrected chi connectivity index (χ0v) is 14.8. The van der Waals surface area contributed by atoms with Crippen LogP contribution in [-0.4, -0.2) is 52.9 Å². The van der Waals surface area contributed by atoms with E-state index >= 15 is 0 Å². The van der Waals surface area contributed by atoms with Crippen molar-refractivity contribution in [3.8, 4) is 0 Å². The van der Waals surface area contributed by atoms with Crippen LogP contribution in [0.1, 0.15) is 23.3 Å². The van der Waals surface area contributed by atoms with Crippen molar-refractivity contribution in [2.75, 3.05) is 31.6 Å². The van der Waals surface area contributed by atoms with Gasteiger partial charge in [-0.3, -0.25) is 4.79 Å². The van der Waals surface area contributed by atoms with Crippen LogP contribution in [0.2, 0.25) is 0 Å². The van der Waals surface area contributed by atoms with E-state index in [1.54, 1.807) is 4.90 Å². The van der Waals surface area contributed by atoms with Crippen molar-refractivity contribution < 1.29 is 27.4 Å². The molecule has 2 saturated heterocycles. The lowest BCUT2D eigenvalue weighted by Gasteiger charge is -2.37. The van der Waals surface area contributed by atoms with Gasteiger partial charge in [0.2, 0.25) is 0 Å². The van der Waals surface area contributed by atoms with Crippen LogP contribution in [-0.2, 0) is 9.47 Å². The molecule has 28 heavy (non-hydrogen) atoms. The molecule has 2 aliphatic heterocycles. The molecule has 0 aliphatic carbocycles. The molecule has 2 aliphatic rings. The Morgan fingerprint density at radius 2 is 1.75 bits per heavy atom. The Kier molecular flexibility index (Phi) is 4.90. The zero-order valence-electron chi connectivity index (χ0n) is 14.8. The molecule has 0 saturated carbocycles. The van der Waals surface area contributed by atoms with Crippen molar-refractivity contribution in [1.82, 2.24) is 14.9 Å². The van der Waals surface area contributed by atoms with Crippen LogP contribution in [0.25, 0.3) is 0 Å². The Morgan fingerprint density at radius 3 is 2.39 bits per heavy atom. The average molecular weight is 394 g/mol. The molecule has 148 valence electrons. The van der Waals surface area contributed by atoms with Gasteiger partial charge in [0.15, 0.2) is 23.2 Å². The van der Waals surface area contributed by atoms with Crippen LogP contribution in [0.15, 0.2) is 24.5 Å². The normalized spacial score (nSPS) is 18.5. The van der Waals surface area contributed by atoms with Gasteiger partial charge < -0.3 is 19.7 Å². The molecule has 1 amide bonds. The van der Waals surface area contributed by atoms with E-state index in [9.17, 15) is 18.0 Å². The van der Waals surface area contributed by atoms with Crippen molar-refractivity contribution in [2.45, 2.75) is 18.6 Å². The molecule has 1 spiro atoms. The van der Waals surface area contributed by atoms with Gasteiger partial charge in [0.1, 0.15) is 11.5 Å². The van der Waals surface area contributed by atoms with Gasteiger partial charge in [-0.15, -0.1) is 0 Å². The van der Waals surface area contributed by atoms with Crippen LogP contribution in [0.5, 0.6) is 0 Å². The smallest absolute Gasteiger partial charge is 0.274 e. The second-order valence-electron chi connectivity index (χ2n) is 6.53. The van der Waals surface area contributed by atoms with Gasteiger partial charge in [0, 0.05) is 25.9 Å². The number of hydrogen-bond donors (Lipinski definition) is 1. The summed E-state index contributed by atoms with van der Waals surface area (Å²) >= 11 is 0. The highest BCUT2D eigenvalue weighted by Crippen LogP contribution is 2.31. The van der Waals surface area contributed by atoms with Crippen LogP contribution in [0, 0.1) is 17.5 Å². The Hall–Kier alpha value is -2.72. The number of hydrogen-bond acceptors (Lipinski definition) is 6. The summed E-state index contributed by atoms with van der Waals surface area (Å²) in [5, 5.41) is 2.51. The second-order valence-corrected chi connectivity index (χ2v) is 6.53. The molecule has 2 aromatic rings. The predicted octanol–water partition coefficient (Wildman–Crippen LogP) is 2.62. The van der Waals surface area contributed by atoms with E-state index in [0.29, 0.717) is 39.1 Å². The van der Waals surface area contributed by atoms with Gasteiger partial charge in [-0.2, -0.15) is 0 Å². The van der Waals surface area contributed by atoms with Crippen molar-refractivity contribution >= 4 is 17.4 Å². The number of likely N-dealkylation sites (tertiary alicyclic amines) is 1. The topological polar surface area (TPSA) is 76.6 Å². The fourth-order valence-electron chi connectivity index (χ4n) is 3.26. The lowest BCUT2D eigenvalue weighted by atomic mass is 10.0. The highest BCUT2D eigenvalue weighted by atomic mass is 19.2. The number of ether oxygens (including phenoxy) is 2. The Bertz CT molecular complexity index is 878. The monoisotopic (exact) mass is 394 g/mol. The minimum absolute atomic E-state index is 0.0896. The van der Waals surface area contributed by atoms with E-state index in [0.717, 1.165) is 12.1 Å². The number of rotatable bonds is 3. The Morgan fingerprint density at radius 1 is 1.04 bits per heavy atom. The predicted molar refractivity (Wildman–Crippen MR) is 91.4 cm³/mol. The third-order valence-corrected chi connectivity index (χ3v) is 4.79. The van der Waals surface area contributed by atoms with E-state index in [-0.39, 0.29) is 23.1 Å². The maximum absolute atomic E-state index is 13.7. The second kappa shape index (κ2) is 7.36. The van der Waals surface area contributed by atoms with Crippen molar-refractivity contribution in [2.24, 2.45) is 0 Å². The summed E-state index contributed by atoms with van der Waals surface area (Å²) in [5.41, 5.74) is -0.161. The number of amides is 1. The summed E-state index contributed by atoms with van der Waals surface area (Å²) < 4.78 is 51.3. The number of nitrogens with one attached hydrogen (secondary N) is 1.